The lowest BCUT2D eigenvalue weighted by Crippen LogP contribution is -2.34. The third-order valence-electron chi connectivity index (χ3n) is 3.61. The molecule has 0 bridgehead atoms. The molecule has 26 heavy (non-hydrogen) atoms. The van der Waals surface area contributed by atoms with Crippen molar-refractivity contribution < 1.29 is 19.4 Å². The minimum atomic E-state index is -1.00. The topological polar surface area (TPSA) is 152 Å². The van der Waals surface area contributed by atoms with Crippen molar-refractivity contribution in [2.24, 2.45) is 11.5 Å². The predicted octanol–water partition coefficient (Wildman–Crippen LogP) is 2.35. The summed E-state index contributed by atoms with van der Waals surface area (Å²) in [7, 11) is 0. The van der Waals surface area contributed by atoms with Crippen molar-refractivity contribution in [3.05, 3.63) is 0 Å². The van der Waals surface area contributed by atoms with Gasteiger partial charge in [0.2, 0.25) is 0 Å². The van der Waals surface area contributed by atoms with Crippen LogP contribution < -0.4 is 16.8 Å². The fraction of sp³-hybridized carbons (Fsp3) is 0.833. The van der Waals surface area contributed by atoms with E-state index in [9.17, 15) is 9.59 Å². The van der Waals surface area contributed by atoms with E-state index in [1.807, 2.05) is 6.92 Å². The molecule has 0 radical (unpaired) electrons. The van der Waals surface area contributed by atoms with E-state index in [0.717, 1.165) is 6.42 Å². The molecule has 0 aromatic heterocycles. The van der Waals surface area contributed by atoms with E-state index in [2.05, 4.69) is 12.2 Å². The number of esters is 1. The van der Waals surface area contributed by atoms with Gasteiger partial charge in [0.15, 0.2) is 5.96 Å². The van der Waals surface area contributed by atoms with Gasteiger partial charge >= 0.3 is 11.9 Å². The smallest absolute Gasteiger partial charge is 0.320 e. The van der Waals surface area contributed by atoms with Crippen LogP contribution in [0.25, 0.3) is 0 Å². The Morgan fingerprint density at radius 3 is 2.15 bits per heavy atom. The highest BCUT2D eigenvalue weighted by Gasteiger charge is 2.09. The molecular weight excluding hydrogens is 336 g/mol. The standard InChI is InChI=1S/C12H24O2.C6H14N4O2/c1-3-5-6-7-8-9-10-11-12(13)14-4-2;7-4(5(11)12)2-1-3-10-6(8)9/h3-11H2,1-2H3;4H,1-3,7H2,(H,11,12)(H4,8,9,10). The van der Waals surface area contributed by atoms with Gasteiger partial charge in [0, 0.05) is 13.0 Å². The Morgan fingerprint density at radius 2 is 1.65 bits per heavy atom. The van der Waals surface area contributed by atoms with Gasteiger partial charge in [-0.3, -0.25) is 15.0 Å². The highest BCUT2D eigenvalue weighted by molar-refractivity contribution is 5.74. The molecule has 0 aliphatic heterocycles. The summed E-state index contributed by atoms with van der Waals surface area (Å²) in [6.45, 7) is 5.06. The van der Waals surface area contributed by atoms with Crippen LogP contribution in [0, 0.1) is 5.41 Å². The minimum Gasteiger partial charge on any atom is -0.480 e. The first-order valence-corrected chi connectivity index (χ1v) is 9.56. The molecule has 8 nitrogen and oxygen atoms in total. The molecular formula is C18H38N4O4. The van der Waals surface area contributed by atoms with Gasteiger partial charge in [0.25, 0.3) is 0 Å². The largest absolute Gasteiger partial charge is 0.480 e. The number of hydrogen-bond acceptors (Lipinski definition) is 5. The number of carbonyl (C=O) groups excluding carboxylic acids is 1. The van der Waals surface area contributed by atoms with Crippen molar-refractivity contribution in [3.63, 3.8) is 0 Å². The summed E-state index contributed by atoms with van der Waals surface area (Å²) < 4.78 is 4.85. The normalized spacial score (nSPS) is 11.0. The molecule has 1 unspecified atom stereocenters. The molecule has 0 heterocycles. The van der Waals surface area contributed by atoms with Crippen LogP contribution in [0.1, 0.15) is 78.1 Å². The SMILES string of the molecule is CCCCCCCCCC(=O)OCC.N=C(N)NCCCC(N)C(=O)O. The van der Waals surface area contributed by atoms with Gasteiger partial charge in [0.05, 0.1) is 6.61 Å². The molecule has 1 atom stereocenters. The van der Waals surface area contributed by atoms with Crippen LogP contribution in [0.2, 0.25) is 0 Å². The first-order valence-electron chi connectivity index (χ1n) is 9.56. The molecule has 0 aliphatic carbocycles. The van der Waals surface area contributed by atoms with Crippen molar-refractivity contribution in [1.29, 1.82) is 5.41 Å². The number of carboxylic acids is 1. The lowest BCUT2D eigenvalue weighted by molar-refractivity contribution is -0.143. The summed E-state index contributed by atoms with van der Waals surface area (Å²) in [6, 6.07) is -0.821. The maximum Gasteiger partial charge on any atom is 0.320 e. The van der Waals surface area contributed by atoms with E-state index < -0.39 is 12.0 Å². The van der Waals surface area contributed by atoms with Gasteiger partial charge in [-0.25, -0.2) is 0 Å². The van der Waals surface area contributed by atoms with Crippen LogP contribution in [0.3, 0.4) is 0 Å². The van der Waals surface area contributed by atoms with E-state index in [1.54, 1.807) is 0 Å². The number of guanidine groups is 1. The quantitative estimate of drug-likeness (QED) is 0.135. The minimum absolute atomic E-state index is 0.0407. The van der Waals surface area contributed by atoms with Gasteiger partial charge in [0.1, 0.15) is 6.04 Å². The summed E-state index contributed by atoms with van der Waals surface area (Å²) in [6.07, 6.45) is 10.3. The zero-order valence-electron chi connectivity index (χ0n) is 16.4. The summed E-state index contributed by atoms with van der Waals surface area (Å²) in [5.41, 5.74) is 10.2. The molecule has 0 spiro atoms. The van der Waals surface area contributed by atoms with E-state index in [0.29, 0.717) is 32.4 Å². The molecule has 0 aromatic carbocycles. The Bertz CT molecular complexity index is 378. The highest BCUT2D eigenvalue weighted by atomic mass is 16.5. The predicted molar refractivity (Wildman–Crippen MR) is 104 cm³/mol. The van der Waals surface area contributed by atoms with Gasteiger partial charge in [-0.2, -0.15) is 0 Å². The Hall–Kier alpha value is -1.83. The van der Waals surface area contributed by atoms with E-state index >= 15 is 0 Å². The van der Waals surface area contributed by atoms with Gasteiger partial charge in [-0.15, -0.1) is 0 Å². The van der Waals surface area contributed by atoms with Crippen molar-refractivity contribution in [3.8, 4) is 0 Å². The molecule has 0 aromatic rings. The fourth-order valence-corrected chi connectivity index (χ4v) is 2.13. The zero-order valence-corrected chi connectivity index (χ0v) is 16.4. The van der Waals surface area contributed by atoms with Gasteiger partial charge in [-0.1, -0.05) is 45.4 Å². The number of carbonyl (C=O) groups is 2. The number of aliphatic carboxylic acids is 1. The van der Waals surface area contributed by atoms with E-state index in [1.165, 1.54) is 38.5 Å². The van der Waals surface area contributed by atoms with Crippen molar-refractivity contribution in [1.82, 2.24) is 5.32 Å². The molecule has 0 amide bonds. The number of ether oxygens (including phenoxy) is 1. The molecule has 0 saturated heterocycles. The van der Waals surface area contributed by atoms with Crippen molar-refractivity contribution in [2.45, 2.75) is 84.1 Å². The second-order valence-electron chi connectivity index (χ2n) is 6.10. The molecule has 0 aliphatic rings. The average Bonchev–Trinajstić information content (AvgIpc) is 2.58. The Morgan fingerprint density at radius 1 is 1.08 bits per heavy atom. The second-order valence-corrected chi connectivity index (χ2v) is 6.10. The Balaban J connectivity index is 0. The van der Waals surface area contributed by atoms with Gasteiger partial charge in [-0.05, 0) is 26.2 Å². The lowest BCUT2D eigenvalue weighted by Gasteiger charge is -2.06. The van der Waals surface area contributed by atoms with Crippen molar-refractivity contribution >= 4 is 17.9 Å². The third-order valence-corrected chi connectivity index (χ3v) is 3.61. The number of hydrogen-bond donors (Lipinski definition) is 5. The summed E-state index contributed by atoms with van der Waals surface area (Å²) in [5.74, 6) is -1.15. The second kappa shape index (κ2) is 19.5. The molecule has 8 heteroatoms. The van der Waals surface area contributed by atoms with Crippen LogP contribution in [-0.4, -0.2) is 42.2 Å². The number of nitrogens with two attached hydrogens (primary N) is 2. The molecule has 0 rings (SSSR count). The van der Waals surface area contributed by atoms with Crippen LogP contribution in [0.4, 0.5) is 0 Å². The number of unbranched alkanes of at least 4 members (excludes halogenated alkanes) is 6. The maximum absolute atomic E-state index is 11.0. The van der Waals surface area contributed by atoms with Gasteiger partial charge < -0.3 is 26.6 Å². The van der Waals surface area contributed by atoms with E-state index in [-0.39, 0.29) is 11.9 Å². The monoisotopic (exact) mass is 374 g/mol. The number of rotatable bonds is 14. The Labute approximate surface area is 157 Å². The van der Waals surface area contributed by atoms with Crippen LogP contribution in [0.5, 0.6) is 0 Å². The maximum atomic E-state index is 11.0. The van der Waals surface area contributed by atoms with E-state index in [4.69, 9.17) is 26.7 Å². The number of carboxylic acid groups (broad SMARTS) is 1. The lowest BCUT2D eigenvalue weighted by atomic mass is 10.1. The van der Waals surface area contributed by atoms with Crippen LogP contribution >= 0.6 is 0 Å². The Kier molecular flexibility index (Phi) is 19.8. The molecule has 154 valence electrons. The van der Waals surface area contributed by atoms with Crippen LogP contribution in [0.15, 0.2) is 0 Å². The first-order chi connectivity index (χ1) is 12.3. The molecule has 0 fully saturated rings. The summed E-state index contributed by atoms with van der Waals surface area (Å²) in [4.78, 5) is 21.2. The molecule has 7 N–H and O–H groups in total. The number of nitrogens with one attached hydrogen (secondary N) is 2. The third kappa shape index (κ3) is 22.2. The fourth-order valence-electron chi connectivity index (χ4n) is 2.13. The summed E-state index contributed by atoms with van der Waals surface area (Å²) in [5, 5.41) is 17.7. The zero-order chi connectivity index (χ0) is 20.2. The molecule has 0 saturated carbocycles. The van der Waals surface area contributed by atoms with Crippen molar-refractivity contribution in [2.75, 3.05) is 13.2 Å². The average molecular weight is 375 g/mol. The highest BCUT2D eigenvalue weighted by Crippen LogP contribution is 2.08. The summed E-state index contributed by atoms with van der Waals surface area (Å²) >= 11 is 0. The first kappa shape index (κ1) is 26.4. The van der Waals surface area contributed by atoms with Crippen LogP contribution in [-0.2, 0) is 14.3 Å².